The summed E-state index contributed by atoms with van der Waals surface area (Å²) in [5.74, 6) is 2.73. The van der Waals surface area contributed by atoms with Crippen LogP contribution >= 0.6 is 0 Å². The second-order valence-corrected chi connectivity index (χ2v) is 9.82. The number of benzene rings is 1. The van der Waals surface area contributed by atoms with E-state index in [-0.39, 0.29) is 18.3 Å². The van der Waals surface area contributed by atoms with E-state index in [0.29, 0.717) is 42.7 Å². The molecule has 7 heteroatoms. The predicted octanol–water partition coefficient (Wildman–Crippen LogP) is 4.75. The smallest absolute Gasteiger partial charge is 0.186 e. The van der Waals surface area contributed by atoms with E-state index < -0.39 is 0 Å². The molecule has 176 valence electrons. The molecule has 0 aliphatic heterocycles. The molecule has 0 saturated heterocycles. The van der Waals surface area contributed by atoms with Crippen LogP contribution in [0.1, 0.15) is 79.8 Å². The number of nitrogens with zero attached hydrogens (tertiary/aromatic N) is 4. The van der Waals surface area contributed by atoms with E-state index in [0.717, 1.165) is 42.0 Å². The van der Waals surface area contributed by atoms with Crippen LogP contribution < -0.4 is 0 Å². The number of rotatable bonds is 11. The fourth-order valence-corrected chi connectivity index (χ4v) is 4.45. The van der Waals surface area contributed by atoms with Crippen molar-refractivity contribution in [3.63, 3.8) is 0 Å². The molecule has 0 amide bonds. The molecule has 2 aromatic heterocycles. The lowest BCUT2D eigenvalue weighted by molar-refractivity contribution is -0.118. The summed E-state index contributed by atoms with van der Waals surface area (Å²) in [6, 6.07) is 8.44. The van der Waals surface area contributed by atoms with Crippen molar-refractivity contribution in [1.82, 2.24) is 19.9 Å². The topological polar surface area (TPSA) is 94.0 Å². The molecule has 3 aromatic rings. The summed E-state index contributed by atoms with van der Waals surface area (Å²) in [6.07, 6.45) is 4.11. The lowest BCUT2D eigenvalue weighted by Gasteiger charge is -2.17. The van der Waals surface area contributed by atoms with Crippen LogP contribution in [0, 0.1) is 19.8 Å². The van der Waals surface area contributed by atoms with Crippen molar-refractivity contribution in [3.05, 3.63) is 52.5 Å². The highest BCUT2D eigenvalue weighted by atomic mass is 16.5. The van der Waals surface area contributed by atoms with Crippen molar-refractivity contribution in [1.29, 1.82) is 0 Å². The number of carbonyl (C=O) groups is 1. The van der Waals surface area contributed by atoms with E-state index in [1.807, 2.05) is 25.1 Å². The summed E-state index contributed by atoms with van der Waals surface area (Å²) in [6.45, 7) is 8.38. The first-order valence-corrected chi connectivity index (χ1v) is 11.9. The van der Waals surface area contributed by atoms with Crippen molar-refractivity contribution >= 4 is 5.78 Å². The Balaban J connectivity index is 1.57. The molecule has 0 spiro atoms. The van der Waals surface area contributed by atoms with Crippen LogP contribution in [0.3, 0.4) is 0 Å². The third-order valence-corrected chi connectivity index (χ3v) is 6.23. The predicted molar refractivity (Wildman–Crippen MR) is 126 cm³/mol. The number of aryl methyl sites for hydroxylation is 2. The molecule has 1 aromatic carbocycles. The van der Waals surface area contributed by atoms with Crippen LogP contribution in [0.15, 0.2) is 28.8 Å². The Hall–Kier alpha value is -2.80. The van der Waals surface area contributed by atoms with Gasteiger partial charge in [0, 0.05) is 43.9 Å². The van der Waals surface area contributed by atoms with Gasteiger partial charge in [-0.3, -0.25) is 4.79 Å². The number of aliphatic hydroxyl groups is 1. The van der Waals surface area contributed by atoms with Crippen LogP contribution in [-0.2, 0) is 17.6 Å². The van der Waals surface area contributed by atoms with E-state index in [1.165, 1.54) is 5.56 Å². The van der Waals surface area contributed by atoms with Gasteiger partial charge in [0.2, 0.25) is 0 Å². The van der Waals surface area contributed by atoms with E-state index >= 15 is 0 Å². The number of aliphatic hydroxyl groups excluding tert-OH is 1. The molecule has 1 aliphatic rings. The first kappa shape index (κ1) is 23.4. The zero-order chi connectivity index (χ0) is 23.5. The van der Waals surface area contributed by atoms with E-state index in [4.69, 9.17) is 4.52 Å². The molecular weight excluding hydrogens is 416 g/mol. The van der Waals surface area contributed by atoms with Crippen LogP contribution in [0.5, 0.6) is 0 Å². The second-order valence-electron chi connectivity index (χ2n) is 9.82. The average molecular weight is 451 g/mol. The van der Waals surface area contributed by atoms with Crippen LogP contribution in [0.2, 0.25) is 0 Å². The summed E-state index contributed by atoms with van der Waals surface area (Å²) in [4.78, 5) is 13.0. The van der Waals surface area contributed by atoms with Gasteiger partial charge in [-0.05, 0) is 50.2 Å². The largest absolute Gasteiger partial charge is 0.396 e. The van der Waals surface area contributed by atoms with Crippen molar-refractivity contribution < 1.29 is 14.4 Å². The third-order valence-electron chi connectivity index (χ3n) is 6.23. The summed E-state index contributed by atoms with van der Waals surface area (Å²) in [7, 11) is 0. The summed E-state index contributed by atoms with van der Waals surface area (Å²) < 4.78 is 7.65. The highest BCUT2D eigenvalue weighted by Gasteiger charge is 2.34. The zero-order valence-corrected chi connectivity index (χ0v) is 20.0. The second kappa shape index (κ2) is 10.00. The molecule has 1 saturated carbocycles. The normalized spacial score (nSPS) is 14.7. The maximum atomic E-state index is 13.0. The van der Waals surface area contributed by atoms with Crippen molar-refractivity contribution in [2.75, 3.05) is 6.61 Å². The SMILES string of the molecule is Cc1ccc(CC(=O)C[C@@H](CCO)c2nnc(-c3cc(CC(C)C)on3)n2C2CC2)c(C)c1. The fourth-order valence-electron chi connectivity index (χ4n) is 4.45. The highest BCUT2D eigenvalue weighted by Crippen LogP contribution is 2.41. The molecule has 1 aliphatic carbocycles. The number of carbonyl (C=O) groups excluding carboxylic acids is 1. The standard InChI is InChI=1S/C26H34N4O3/c1-16(2)11-23-15-24(29-33-23)26-28-27-25(30(26)21-7-8-21)20(9-10-31)14-22(32)13-19-6-5-17(3)12-18(19)4/h5-6,12,15-16,20-21,31H,7-11,13-14H2,1-4H3/t20-/m1/s1. The van der Waals surface area contributed by atoms with E-state index in [1.54, 1.807) is 0 Å². The Bertz CT molecular complexity index is 1110. The van der Waals surface area contributed by atoms with Gasteiger partial charge in [0.1, 0.15) is 17.4 Å². The van der Waals surface area contributed by atoms with E-state index in [2.05, 4.69) is 46.8 Å². The van der Waals surface area contributed by atoms with Gasteiger partial charge >= 0.3 is 0 Å². The monoisotopic (exact) mass is 450 g/mol. The van der Waals surface area contributed by atoms with Gasteiger partial charge in [-0.15, -0.1) is 10.2 Å². The molecule has 2 heterocycles. The van der Waals surface area contributed by atoms with Crippen molar-refractivity contribution in [2.45, 2.75) is 78.2 Å². The maximum Gasteiger partial charge on any atom is 0.186 e. The molecule has 0 radical (unpaired) electrons. The lowest BCUT2D eigenvalue weighted by Crippen LogP contribution is -2.16. The van der Waals surface area contributed by atoms with Gasteiger partial charge in [-0.2, -0.15) is 0 Å². The number of hydrogen-bond donors (Lipinski definition) is 1. The van der Waals surface area contributed by atoms with Crippen molar-refractivity contribution in [3.8, 4) is 11.5 Å². The first-order chi connectivity index (χ1) is 15.9. The number of ketones is 1. The molecular formula is C26H34N4O3. The van der Waals surface area contributed by atoms with Crippen LogP contribution in [0.4, 0.5) is 0 Å². The molecule has 0 unspecified atom stereocenters. The Labute approximate surface area is 195 Å². The van der Waals surface area contributed by atoms with Gasteiger partial charge in [0.15, 0.2) is 11.5 Å². The molecule has 0 bridgehead atoms. The average Bonchev–Trinajstić information content (AvgIpc) is 3.32. The molecule has 1 atom stereocenters. The Morgan fingerprint density at radius 3 is 2.67 bits per heavy atom. The van der Waals surface area contributed by atoms with Crippen LogP contribution in [0.25, 0.3) is 11.5 Å². The van der Waals surface area contributed by atoms with Gasteiger partial charge in [-0.1, -0.05) is 42.8 Å². The summed E-state index contributed by atoms with van der Waals surface area (Å²) in [5.41, 5.74) is 4.06. The summed E-state index contributed by atoms with van der Waals surface area (Å²) in [5, 5.41) is 22.9. The van der Waals surface area contributed by atoms with E-state index in [9.17, 15) is 9.90 Å². The number of aromatic nitrogens is 4. The molecule has 7 nitrogen and oxygen atoms in total. The Kier molecular flexibility index (Phi) is 7.08. The Morgan fingerprint density at radius 2 is 2.00 bits per heavy atom. The highest BCUT2D eigenvalue weighted by molar-refractivity contribution is 5.82. The van der Waals surface area contributed by atoms with Gasteiger partial charge < -0.3 is 14.2 Å². The molecule has 1 N–H and O–H groups in total. The first-order valence-electron chi connectivity index (χ1n) is 11.9. The van der Waals surface area contributed by atoms with Crippen LogP contribution in [-0.4, -0.2) is 37.4 Å². The molecule has 4 rings (SSSR count). The van der Waals surface area contributed by atoms with Gasteiger partial charge in [-0.25, -0.2) is 0 Å². The Morgan fingerprint density at radius 1 is 1.21 bits per heavy atom. The third kappa shape index (κ3) is 5.58. The maximum absolute atomic E-state index is 13.0. The molecule has 1 fully saturated rings. The number of hydrogen-bond acceptors (Lipinski definition) is 6. The zero-order valence-electron chi connectivity index (χ0n) is 20.0. The van der Waals surface area contributed by atoms with Gasteiger partial charge in [0.05, 0.1) is 0 Å². The minimum atomic E-state index is -0.183. The summed E-state index contributed by atoms with van der Waals surface area (Å²) >= 11 is 0. The minimum absolute atomic E-state index is 0.00311. The lowest BCUT2D eigenvalue weighted by atomic mass is 9.93. The van der Waals surface area contributed by atoms with Crippen molar-refractivity contribution in [2.24, 2.45) is 5.92 Å². The minimum Gasteiger partial charge on any atom is -0.396 e. The number of Topliss-reactive ketones (excluding diaryl/α,β-unsaturated/α-hetero) is 1. The quantitative estimate of drug-likeness (QED) is 0.453. The fraction of sp³-hybridized carbons (Fsp3) is 0.538. The molecule has 33 heavy (non-hydrogen) atoms. The van der Waals surface area contributed by atoms with Gasteiger partial charge in [0.25, 0.3) is 0 Å².